The van der Waals surface area contributed by atoms with Gasteiger partial charge in [-0.05, 0) is 61.2 Å². The van der Waals surface area contributed by atoms with Crippen LogP contribution in [0.2, 0.25) is 0 Å². The van der Waals surface area contributed by atoms with Crippen LogP contribution in [0.4, 0.5) is 5.13 Å². The first kappa shape index (κ1) is 31.3. The Morgan fingerprint density at radius 1 is 0.917 bits per heavy atom. The number of anilines is 1. The first-order valence-corrected chi connectivity index (χ1v) is 17.1. The number of carbonyl (C=O) groups is 2. The number of fused-ring (bicyclic) bond motifs is 1. The molecule has 1 amide bonds. The lowest BCUT2D eigenvalue weighted by Gasteiger charge is -2.23. The molecule has 1 unspecified atom stereocenters. The predicted octanol–water partition coefficient (Wildman–Crippen LogP) is 7.61. The summed E-state index contributed by atoms with van der Waals surface area (Å²) < 4.78 is 8.62. The summed E-state index contributed by atoms with van der Waals surface area (Å²) >= 11 is 2.73. The number of imidazole rings is 1. The summed E-state index contributed by atoms with van der Waals surface area (Å²) in [5.41, 5.74) is 6.24. The van der Waals surface area contributed by atoms with Crippen LogP contribution in [0.5, 0.6) is 5.75 Å². The maximum absolute atomic E-state index is 13.9. The van der Waals surface area contributed by atoms with Crippen LogP contribution in [0.15, 0.2) is 107 Å². The molecule has 4 heterocycles. The van der Waals surface area contributed by atoms with Crippen molar-refractivity contribution in [1.82, 2.24) is 19.6 Å². The molecule has 1 atom stereocenters. The number of aromatic nitrogens is 4. The van der Waals surface area contributed by atoms with Crippen LogP contribution in [0.3, 0.4) is 0 Å². The molecule has 1 fully saturated rings. The predicted molar refractivity (Wildman–Crippen MR) is 187 cm³/mol. The van der Waals surface area contributed by atoms with E-state index in [2.05, 4.69) is 34.5 Å². The summed E-state index contributed by atoms with van der Waals surface area (Å²) in [4.78, 5) is 33.8. The Labute approximate surface area is 285 Å². The molecule has 9 nitrogen and oxygen atoms in total. The number of rotatable bonds is 9. The largest absolute Gasteiger partial charge is 0.505 e. The molecule has 0 bridgehead atoms. The topological polar surface area (TPSA) is 110 Å². The van der Waals surface area contributed by atoms with Gasteiger partial charge in [0.25, 0.3) is 5.78 Å². The van der Waals surface area contributed by atoms with Crippen molar-refractivity contribution in [3.8, 4) is 5.75 Å². The molecule has 7 rings (SSSR count). The van der Waals surface area contributed by atoms with E-state index in [4.69, 9.17) is 9.72 Å². The number of hydrogen-bond acceptors (Lipinski definition) is 9. The monoisotopic (exact) mass is 673 g/mol. The molecule has 0 aliphatic carbocycles. The number of nitrogens with zero attached hydrogens (tertiary/aromatic N) is 5. The van der Waals surface area contributed by atoms with E-state index < -0.39 is 17.7 Å². The van der Waals surface area contributed by atoms with E-state index in [0.29, 0.717) is 39.4 Å². The third-order valence-corrected chi connectivity index (χ3v) is 10.4. The first-order chi connectivity index (χ1) is 23.3. The van der Waals surface area contributed by atoms with Gasteiger partial charge < -0.3 is 14.2 Å². The zero-order chi connectivity index (χ0) is 33.4. The first-order valence-electron chi connectivity index (χ1n) is 15.3. The van der Waals surface area contributed by atoms with E-state index in [0.717, 1.165) is 16.7 Å². The van der Waals surface area contributed by atoms with Gasteiger partial charge in [-0.15, -0.1) is 10.2 Å². The second-order valence-electron chi connectivity index (χ2n) is 11.6. The number of Topliss-reactive ketones (excluding diaryl/α,β-unsaturated/α-hetero) is 1. The maximum atomic E-state index is 13.9. The van der Waals surface area contributed by atoms with Gasteiger partial charge in [-0.1, -0.05) is 101 Å². The molecule has 48 heavy (non-hydrogen) atoms. The Balaban J connectivity index is 1.29. The summed E-state index contributed by atoms with van der Waals surface area (Å²) in [6.07, 6.45) is 1.85. The minimum Gasteiger partial charge on any atom is -0.505 e. The average molecular weight is 674 g/mol. The molecule has 1 saturated heterocycles. The van der Waals surface area contributed by atoms with Gasteiger partial charge in [-0.2, -0.15) is 0 Å². The van der Waals surface area contributed by atoms with Gasteiger partial charge in [0.1, 0.15) is 23.7 Å². The van der Waals surface area contributed by atoms with Crippen LogP contribution in [-0.4, -0.2) is 36.4 Å². The van der Waals surface area contributed by atoms with Crippen molar-refractivity contribution in [1.29, 1.82) is 0 Å². The third kappa shape index (κ3) is 5.98. The minimum atomic E-state index is -1.00. The number of aryl methyl sites for hydroxylation is 3. The average Bonchev–Trinajstić information content (AvgIpc) is 3.78. The molecule has 3 aromatic heterocycles. The number of ether oxygens (including phenoxy) is 1. The molecule has 6 aromatic rings. The van der Waals surface area contributed by atoms with Gasteiger partial charge in [0.15, 0.2) is 10.1 Å². The number of carbonyl (C=O) groups excluding carboxylic acids is 2. The SMILES string of the molecule is Cc1ccc(CSc2nnc(N3C(=O)C(=O)/C(=C(/O)c4nc5c(C)cccn5c4C)C3c3cccc(OCc4ccccc4)c3)s2)cc1. The van der Waals surface area contributed by atoms with Gasteiger partial charge in [-0.3, -0.25) is 14.5 Å². The van der Waals surface area contributed by atoms with Gasteiger partial charge in [0.05, 0.1) is 17.3 Å². The number of aliphatic hydroxyl groups excluding tert-OH is 1. The Hall–Kier alpha value is -5.26. The normalized spacial score (nSPS) is 15.8. The van der Waals surface area contributed by atoms with Crippen LogP contribution in [0.1, 0.15) is 45.2 Å². The lowest BCUT2D eigenvalue weighted by atomic mass is 9.96. The standard InChI is InChI=1S/C37H31N5O4S2/c1-22-14-16-26(17-15-22)21-47-37-40-39-36(48-37)42-31(27-12-7-13-28(19-27)46-20-25-10-5-4-6-11-25)29(33(44)35(42)45)32(43)30-24(3)41-18-8-9-23(2)34(41)38-30/h4-19,31,43H,20-21H2,1-3H3/b32-29+. The Kier molecular flexibility index (Phi) is 8.55. The van der Waals surface area contributed by atoms with Crippen molar-refractivity contribution in [2.45, 2.75) is 43.5 Å². The number of amides is 1. The second-order valence-corrected chi connectivity index (χ2v) is 13.7. The fraction of sp³-hybridized carbons (Fsp3) is 0.162. The summed E-state index contributed by atoms with van der Waals surface area (Å²) in [6.45, 7) is 6.12. The van der Waals surface area contributed by atoms with E-state index in [1.807, 2.05) is 79.9 Å². The van der Waals surface area contributed by atoms with E-state index in [9.17, 15) is 14.7 Å². The molecule has 11 heteroatoms. The van der Waals surface area contributed by atoms with Crippen molar-refractivity contribution in [3.63, 3.8) is 0 Å². The zero-order valence-electron chi connectivity index (χ0n) is 26.5. The molecule has 240 valence electrons. The molecule has 0 saturated carbocycles. The quantitative estimate of drug-likeness (QED) is 0.0549. The lowest BCUT2D eigenvalue weighted by molar-refractivity contribution is -0.132. The number of pyridine rings is 1. The van der Waals surface area contributed by atoms with E-state index in [1.54, 1.807) is 18.2 Å². The second kappa shape index (κ2) is 13.1. The Bertz CT molecular complexity index is 2190. The minimum absolute atomic E-state index is 0.0755. The molecule has 3 aromatic carbocycles. The van der Waals surface area contributed by atoms with E-state index in [-0.39, 0.29) is 22.2 Å². The molecular weight excluding hydrogens is 643 g/mol. The molecular formula is C37H31N5O4S2. The summed E-state index contributed by atoms with van der Waals surface area (Å²) in [5, 5.41) is 20.8. The van der Waals surface area contributed by atoms with Gasteiger partial charge in [-0.25, -0.2) is 4.98 Å². The van der Waals surface area contributed by atoms with Gasteiger partial charge in [0, 0.05) is 11.9 Å². The molecule has 1 aliphatic heterocycles. The lowest BCUT2D eigenvalue weighted by Crippen LogP contribution is -2.29. The van der Waals surface area contributed by atoms with Crippen molar-refractivity contribution in [3.05, 3.63) is 142 Å². The number of hydrogen-bond donors (Lipinski definition) is 1. The smallest absolute Gasteiger partial charge is 0.301 e. The molecule has 1 N–H and O–H groups in total. The fourth-order valence-electron chi connectivity index (χ4n) is 5.72. The molecule has 1 aliphatic rings. The number of benzene rings is 3. The van der Waals surface area contributed by atoms with Crippen LogP contribution in [-0.2, 0) is 21.9 Å². The summed E-state index contributed by atoms with van der Waals surface area (Å²) in [6, 6.07) is 28.1. The third-order valence-electron chi connectivity index (χ3n) is 8.26. The summed E-state index contributed by atoms with van der Waals surface area (Å²) in [5.74, 6) is -0.764. The highest BCUT2D eigenvalue weighted by molar-refractivity contribution is 8.00. The zero-order valence-corrected chi connectivity index (χ0v) is 28.1. The van der Waals surface area contributed by atoms with Gasteiger partial charge >= 0.3 is 5.91 Å². The molecule has 0 radical (unpaired) electrons. The van der Waals surface area contributed by atoms with Crippen molar-refractivity contribution < 1.29 is 19.4 Å². The number of aliphatic hydroxyl groups is 1. The van der Waals surface area contributed by atoms with Crippen LogP contribution in [0.25, 0.3) is 11.4 Å². The Morgan fingerprint density at radius 3 is 2.48 bits per heavy atom. The number of ketones is 1. The van der Waals surface area contributed by atoms with Crippen molar-refractivity contribution in [2.75, 3.05) is 4.90 Å². The Morgan fingerprint density at radius 2 is 1.71 bits per heavy atom. The highest BCUT2D eigenvalue weighted by atomic mass is 32.2. The summed E-state index contributed by atoms with van der Waals surface area (Å²) in [7, 11) is 0. The maximum Gasteiger partial charge on any atom is 0.301 e. The van der Waals surface area contributed by atoms with Crippen molar-refractivity contribution in [2.24, 2.45) is 0 Å². The molecule has 0 spiro atoms. The van der Waals surface area contributed by atoms with Gasteiger partial charge in [0.2, 0.25) is 5.13 Å². The number of thioether (sulfide) groups is 1. The fourth-order valence-corrected chi connectivity index (χ4v) is 7.55. The van der Waals surface area contributed by atoms with Crippen molar-refractivity contribution >= 4 is 51.3 Å². The highest BCUT2D eigenvalue weighted by Crippen LogP contribution is 2.45. The van der Waals surface area contributed by atoms with Crippen LogP contribution < -0.4 is 9.64 Å². The van der Waals surface area contributed by atoms with E-state index >= 15 is 0 Å². The highest BCUT2D eigenvalue weighted by Gasteiger charge is 2.49. The van der Waals surface area contributed by atoms with E-state index in [1.165, 1.54) is 33.6 Å². The van der Waals surface area contributed by atoms with Crippen LogP contribution in [0, 0.1) is 20.8 Å². The van der Waals surface area contributed by atoms with Crippen LogP contribution >= 0.6 is 23.1 Å².